The number of carbonyl (C=O) groups is 2. The van der Waals surface area contributed by atoms with Crippen LogP contribution in [0.25, 0.3) is 0 Å². The van der Waals surface area contributed by atoms with Gasteiger partial charge in [-0.3, -0.25) is 9.59 Å². The molecule has 0 aliphatic carbocycles. The minimum atomic E-state index is -0.989. The number of amides is 1. The van der Waals surface area contributed by atoms with Crippen LogP contribution < -0.4 is 10.1 Å². The summed E-state index contributed by atoms with van der Waals surface area (Å²) in [5.74, 6) is -1.56. The van der Waals surface area contributed by atoms with E-state index in [2.05, 4.69) is 5.32 Å². The number of para-hydroxylation sites is 1. The van der Waals surface area contributed by atoms with Gasteiger partial charge < -0.3 is 15.2 Å². The Bertz CT molecular complexity index is 767. The summed E-state index contributed by atoms with van der Waals surface area (Å²) in [5, 5.41) is 11.9. The molecule has 0 radical (unpaired) electrons. The van der Waals surface area contributed by atoms with Gasteiger partial charge in [-0.15, -0.1) is 11.8 Å². The molecule has 2 rings (SSSR count). The van der Waals surface area contributed by atoms with E-state index in [-0.39, 0.29) is 31.1 Å². The average molecular weight is 391 g/mol. The van der Waals surface area contributed by atoms with Crippen molar-refractivity contribution in [3.8, 4) is 5.75 Å². The number of aliphatic carboxylic acids is 1. The highest BCUT2D eigenvalue weighted by molar-refractivity contribution is 7.98. The van der Waals surface area contributed by atoms with Crippen molar-refractivity contribution in [2.75, 3.05) is 12.9 Å². The topological polar surface area (TPSA) is 75.6 Å². The fourth-order valence-corrected chi connectivity index (χ4v) is 2.91. The van der Waals surface area contributed by atoms with E-state index in [1.807, 2.05) is 30.5 Å². The molecular formula is C20H22FNO4S. The van der Waals surface area contributed by atoms with Crippen LogP contribution in [0.15, 0.2) is 53.4 Å². The molecule has 2 aromatic carbocycles. The van der Waals surface area contributed by atoms with Crippen molar-refractivity contribution in [2.45, 2.75) is 30.2 Å². The fraction of sp³-hybridized carbons (Fsp3) is 0.300. The van der Waals surface area contributed by atoms with E-state index in [0.717, 1.165) is 10.5 Å². The maximum Gasteiger partial charge on any atom is 0.305 e. The number of carboxylic acid groups (broad SMARTS) is 1. The van der Waals surface area contributed by atoms with Gasteiger partial charge in [-0.25, -0.2) is 4.39 Å². The molecule has 0 aromatic heterocycles. The van der Waals surface area contributed by atoms with Crippen LogP contribution in [0.5, 0.6) is 5.75 Å². The smallest absolute Gasteiger partial charge is 0.305 e. The Kier molecular flexibility index (Phi) is 8.13. The van der Waals surface area contributed by atoms with Crippen LogP contribution in [0.3, 0.4) is 0 Å². The van der Waals surface area contributed by atoms with Crippen molar-refractivity contribution >= 4 is 23.6 Å². The summed E-state index contributed by atoms with van der Waals surface area (Å²) in [7, 11) is 0. The third kappa shape index (κ3) is 6.94. The van der Waals surface area contributed by atoms with Gasteiger partial charge in [-0.2, -0.15) is 0 Å². The molecule has 0 aliphatic rings. The van der Waals surface area contributed by atoms with E-state index >= 15 is 0 Å². The summed E-state index contributed by atoms with van der Waals surface area (Å²) in [6.45, 7) is 0.195. The van der Waals surface area contributed by atoms with E-state index in [1.165, 1.54) is 12.1 Å². The van der Waals surface area contributed by atoms with E-state index in [4.69, 9.17) is 9.84 Å². The number of carboxylic acids is 1. The molecule has 0 bridgehead atoms. The molecule has 144 valence electrons. The quantitative estimate of drug-likeness (QED) is 0.472. The summed E-state index contributed by atoms with van der Waals surface area (Å²) in [4.78, 5) is 24.4. The number of benzene rings is 2. The second kappa shape index (κ2) is 10.6. The first-order valence-electron chi connectivity index (χ1n) is 8.52. The number of carbonyl (C=O) groups excluding carboxylic acids is 1. The van der Waals surface area contributed by atoms with Gasteiger partial charge >= 0.3 is 5.97 Å². The Morgan fingerprint density at radius 2 is 1.89 bits per heavy atom. The first-order valence-corrected chi connectivity index (χ1v) is 9.74. The molecule has 27 heavy (non-hydrogen) atoms. The second-order valence-electron chi connectivity index (χ2n) is 5.87. The van der Waals surface area contributed by atoms with Gasteiger partial charge in [0.25, 0.3) is 0 Å². The molecule has 0 aliphatic heterocycles. The van der Waals surface area contributed by atoms with Crippen LogP contribution >= 0.6 is 11.8 Å². The van der Waals surface area contributed by atoms with Crippen LogP contribution in [-0.2, 0) is 9.59 Å². The van der Waals surface area contributed by atoms with Crippen molar-refractivity contribution in [1.29, 1.82) is 0 Å². The molecule has 0 spiro atoms. The Labute approximate surface area is 161 Å². The van der Waals surface area contributed by atoms with E-state index in [9.17, 15) is 14.0 Å². The number of thioether (sulfide) groups is 1. The SMILES string of the molecule is CSc1ccc(C(CC(=O)O)NC(=O)CCCOc2ccccc2F)cc1. The zero-order valence-electron chi connectivity index (χ0n) is 15.0. The van der Waals surface area contributed by atoms with Crippen molar-refractivity contribution in [1.82, 2.24) is 5.32 Å². The molecule has 1 unspecified atom stereocenters. The molecule has 0 heterocycles. The van der Waals surface area contributed by atoms with Gasteiger partial charge in [-0.05, 0) is 42.5 Å². The Hall–Kier alpha value is -2.54. The summed E-state index contributed by atoms with van der Waals surface area (Å²) in [6, 6.07) is 12.9. The minimum Gasteiger partial charge on any atom is -0.491 e. The lowest BCUT2D eigenvalue weighted by atomic mass is 10.0. The van der Waals surface area contributed by atoms with Crippen LogP contribution in [0.1, 0.15) is 30.9 Å². The second-order valence-corrected chi connectivity index (χ2v) is 6.75. The van der Waals surface area contributed by atoms with Gasteiger partial charge in [0.05, 0.1) is 19.1 Å². The molecule has 0 saturated carbocycles. The average Bonchev–Trinajstić information content (AvgIpc) is 2.66. The normalized spacial score (nSPS) is 11.6. The Morgan fingerprint density at radius 1 is 1.19 bits per heavy atom. The van der Waals surface area contributed by atoms with Gasteiger partial charge in [0.15, 0.2) is 11.6 Å². The van der Waals surface area contributed by atoms with Gasteiger partial charge in [0.2, 0.25) is 5.91 Å². The van der Waals surface area contributed by atoms with Crippen LogP contribution in [-0.4, -0.2) is 29.8 Å². The highest BCUT2D eigenvalue weighted by atomic mass is 32.2. The molecule has 2 N–H and O–H groups in total. The van der Waals surface area contributed by atoms with Crippen LogP contribution in [0, 0.1) is 5.82 Å². The number of hydrogen-bond donors (Lipinski definition) is 2. The van der Waals surface area contributed by atoms with Crippen molar-refractivity contribution in [2.24, 2.45) is 0 Å². The third-order valence-electron chi connectivity index (χ3n) is 3.87. The standard InChI is InChI=1S/C20H22FNO4S/c1-27-15-10-8-14(9-11-15)17(13-20(24)25)22-19(23)7-4-12-26-18-6-3-2-5-16(18)21/h2-3,5-6,8-11,17H,4,7,12-13H2,1H3,(H,22,23)(H,24,25). The number of ether oxygens (including phenoxy) is 1. The fourth-order valence-electron chi connectivity index (χ4n) is 2.51. The minimum absolute atomic E-state index is 0.149. The zero-order chi connectivity index (χ0) is 19.6. The first kappa shape index (κ1) is 20.8. The van der Waals surface area contributed by atoms with Crippen LogP contribution in [0.4, 0.5) is 4.39 Å². The zero-order valence-corrected chi connectivity index (χ0v) is 15.8. The predicted octanol–water partition coefficient (Wildman–Crippen LogP) is 4.04. The summed E-state index contributed by atoms with van der Waals surface area (Å²) < 4.78 is 18.8. The summed E-state index contributed by atoms with van der Waals surface area (Å²) in [6.07, 6.45) is 2.31. The molecule has 7 heteroatoms. The number of nitrogens with one attached hydrogen (secondary N) is 1. The van der Waals surface area contributed by atoms with E-state index in [1.54, 1.807) is 23.9 Å². The van der Waals surface area contributed by atoms with Crippen molar-refractivity contribution in [3.05, 3.63) is 59.9 Å². The van der Waals surface area contributed by atoms with Crippen molar-refractivity contribution in [3.63, 3.8) is 0 Å². The number of rotatable bonds is 10. The van der Waals surface area contributed by atoms with Gasteiger partial charge in [0, 0.05) is 11.3 Å². The molecule has 1 amide bonds. The van der Waals surface area contributed by atoms with E-state index < -0.39 is 17.8 Å². The lowest BCUT2D eigenvalue weighted by molar-refractivity contribution is -0.137. The largest absolute Gasteiger partial charge is 0.491 e. The molecule has 0 saturated heterocycles. The Balaban J connectivity index is 1.85. The third-order valence-corrected chi connectivity index (χ3v) is 4.62. The highest BCUT2D eigenvalue weighted by Crippen LogP contribution is 2.22. The molecule has 1 atom stereocenters. The monoisotopic (exact) mass is 391 g/mol. The van der Waals surface area contributed by atoms with Gasteiger partial charge in [0.1, 0.15) is 0 Å². The van der Waals surface area contributed by atoms with Crippen LogP contribution in [0.2, 0.25) is 0 Å². The highest BCUT2D eigenvalue weighted by Gasteiger charge is 2.18. The molecule has 5 nitrogen and oxygen atoms in total. The number of halogens is 1. The number of hydrogen-bond acceptors (Lipinski definition) is 4. The Morgan fingerprint density at radius 3 is 2.52 bits per heavy atom. The maximum atomic E-state index is 13.4. The lowest BCUT2D eigenvalue weighted by Crippen LogP contribution is -2.30. The summed E-state index contributed by atoms with van der Waals surface area (Å²) >= 11 is 1.59. The predicted molar refractivity (Wildman–Crippen MR) is 102 cm³/mol. The molecule has 2 aromatic rings. The molecular weight excluding hydrogens is 369 g/mol. The maximum absolute atomic E-state index is 13.4. The van der Waals surface area contributed by atoms with Crippen molar-refractivity contribution < 1.29 is 23.8 Å². The molecule has 0 fully saturated rings. The first-order chi connectivity index (χ1) is 13.0. The summed E-state index contributed by atoms with van der Waals surface area (Å²) in [5.41, 5.74) is 0.742. The lowest BCUT2D eigenvalue weighted by Gasteiger charge is -2.18. The van der Waals surface area contributed by atoms with Gasteiger partial charge in [-0.1, -0.05) is 24.3 Å². The van der Waals surface area contributed by atoms with E-state index in [0.29, 0.717) is 6.42 Å².